The fourth-order valence-corrected chi connectivity index (χ4v) is 8.93. The van der Waals surface area contributed by atoms with E-state index in [1.165, 1.54) is 18.4 Å². The third-order valence-electron chi connectivity index (χ3n) is 10.4. The Morgan fingerprint density at radius 1 is 1.06 bits per heavy atom. The molecule has 3 aliphatic carbocycles. The number of ether oxygens (including phenoxy) is 4. The lowest BCUT2D eigenvalue weighted by molar-refractivity contribution is -0.259. The Kier molecular flexibility index (Phi) is 3.25. The highest BCUT2D eigenvalue weighted by Crippen LogP contribution is 2.69. The minimum Gasteiger partial charge on any atom is -0.504 e. The van der Waals surface area contributed by atoms with E-state index in [9.17, 15) is 10.2 Å². The number of phenols is 1. The van der Waals surface area contributed by atoms with Crippen LogP contribution < -0.4 is 4.74 Å². The highest BCUT2D eigenvalue weighted by Gasteiger charge is 2.80. The molecule has 0 aromatic heterocycles. The molecule has 8 atom stereocenters. The first kappa shape index (κ1) is 18.9. The summed E-state index contributed by atoms with van der Waals surface area (Å²) < 4.78 is 25.8. The van der Waals surface area contributed by atoms with Gasteiger partial charge >= 0.3 is 0 Å². The average molecular weight is 455 g/mol. The van der Waals surface area contributed by atoms with Gasteiger partial charge in [-0.2, -0.15) is 0 Å². The van der Waals surface area contributed by atoms with E-state index >= 15 is 0 Å². The molecule has 2 spiro atoms. The number of phenolic OH excluding ortho intramolecular Hbond substituents is 1. The number of aromatic hydroxyl groups is 1. The van der Waals surface area contributed by atoms with Crippen molar-refractivity contribution in [3.63, 3.8) is 0 Å². The summed E-state index contributed by atoms with van der Waals surface area (Å²) in [7, 11) is 0. The van der Waals surface area contributed by atoms with Gasteiger partial charge < -0.3 is 29.2 Å². The standard InChI is InChI=1S/C25H30N2O6/c28-15-4-3-14-9-16-25(29)6-5-24(22-27-17(11-31-22)30-12-18(27)33-24)21-23(25,19(14)20(15)32-21)7-8-26(16)10-13-1-2-13/h3-4,13,16-18,21-22,28-29H,1-2,5-12H2/t16-,17+,18+,21-,22+,23+,24+,25-/m0/s1. The molecule has 2 N–H and O–H groups in total. The molecule has 2 bridgehead atoms. The van der Waals surface area contributed by atoms with E-state index in [1.807, 2.05) is 0 Å². The third kappa shape index (κ3) is 1.94. The molecule has 1 aromatic rings. The molecule has 8 nitrogen and oxygen atoms in total. The fraction of sp³-hybridized carbons (Fsp3) is 0.760. The van der Waals surface area contributed by atoms with Gasteiger partial charge in [0.05, 0.1) is 24.2 Å². The number of piperidine rings is 1. The predicted octanol–water partition coefficient (Wildman–Crippen LogP) is 1.07. The number of benzene rings is 1. The van der Waals surface area contributed by atoms with Gasteiger partial charge in [0, 0.05) is 18.2 Å². The van der Waals surface area contributed by atoms with Gasteiger partial charge in [0.2, 0.25) is 0 Å². The number of hydrogen-bond acceptors (Lipinski definition) is 8. The summed E-state index contributed by atoms with van der Waals surface area (Å²) in [5, 5.41) is 23.6. The van der Waals surface area contributed by atoms with Gasteiger partial charge in [0.15, 0.2) is 11.5 Å². The van der Waals surface area contributed by atoms with E-state index in [4.69, 9.17) is 18.9 Å². The molecule has 1 aromatic carbocycles. The van der Waals surface area contributed by atoms with Crippen LogP contribution in [0.5, 0.6) is 11.5 Å². The average Bonchev–Trinajstić information content (AvgIpc) is 3.14. The largest absolute Gasteiger partial charge is 0.504 e. The molecule has 33 heavy (non-hydrogen) atoms. The zero-order chi connectivity index (χ0) is 21.7. The molecular formula is C25H30N2O6. The normalized spacial score (nSPS) is 51.1. The highest BCUT2D eigenvalue weighted by molar-refractivity contribution is 5.63. The van der Waals surface area contributed by atoms with Crippen LogP contribution in [0.1, 0.15) is 43.2 Å². The zero-order valence-corrected chi connectivity index (χ0v) is 18.6. The van der Waals surface area contributed by atoms with Gasteiger partial charge in [-0.3, -0.25) is 4.90 Å². The fourth-order valence-electron chi connectivity index (χ4n) is 8.93. The number of rotatable bonds is 2. The minimum absolute atomic E-state index is 0.0649. The number of nitrogens with zero attached hydrogens (tertiary/aromatic N) is 2. The highest BCUT2D eigenvalue weighted by atomic mass is 16.7. The van der Waals surface area contributed by atoms with Crippen LogP contribution in [0.25, 0.3) is 0 Å². The van der Waals surface area contributed by atoms with Crippen molar-refractivity contribution in [1.29, 1.82) is 0 Å². The lowest BCUT2D eigenvalue weighted by Crippen LogP contribution is -2.80. The SMILES string of the molecule is Oc1ccc2c3c1O[C@@H]1[C@@]4(CC[C@]5(O)[C@H](C2)N(CC2CC2)CC[C@@]315)O[C@@H]1CO[C@@H]2CO[C@H]4N21. The Hall–Kier alpha value is -1.42. The van der Waals surface area contributed by atoms with Crippen molar-refractivity contribution in [3.8, 4) is 11.5 Å². The molecule has 8 aliphatic rings. The quantitative estimate of drug-likeness (QED) is 0.687. The molecule has 0 amide bonds. The van der Waals surface area contributed by atoms with Crippen molar-refractivity contribution in [2.24, 2.45) is 5.92 Å². The molecule has 2 saturated carbocycles. The zero-order valence-electron chi connectivity index (χ0n) is 18.6. The molecule has 0 radical (unpaired) electrons. The first-order chi connectivity index (χ1) is 16.1. The Morgan fingerprint density at radius 2 is 1.94 bits per heavy atom. The topological polar surface area (TPSA) is 83.9 Å². The second-order valence-electron chi connectivity index (χ2n) is 11.7. The van der Waals surface area contributed by atoms with Crippen molar-refractivity contribution in [2.75, 3.05) is 26.3 Å². The van der Waals surface area contributed by atoms with Gasteiger partial charge in [0.1, 0.15) is 30.4 Å². The molecule has 5 heterocycles. The first-order valence-corrected chi connectivity index (χ1v) is 12.7. The number of hydrogen-bond donors (Lipinski definition) is 2. The smallest absolute Gasteiger partial charge is 0.165 e. The maximum atomic E-state index is 12.7. The van der Waals surface area contributed by atoms with Gasteiger partial charge in [-0.1, -0.05) is 6.07 Å². The van der Waals surface area contributed by atoms with Gasteiger partial charge in [-0.15, -0.1) is 0 Å². The van der Waals surface area contributed by atoms with Crippen LogP contribution in [-0.2, 0) is 26.0 Å². The lowest BCUT2D eigenvalue weighted by Gasteiger charge is -2.66. The maximum absolute atomic E-state index is 12.7. The van der Waals surface area contributed by atoms with E-state index in [0.29, 0.717) is 31.8 Å². The number of fused-ring (bicyclic) bond motifs is 2. The van der Waals surface area contributed by atoms with Crippen LogP contribution in [0.15, 0.2) is 12.1 Å². The summed E-state index contributed by atoms with van der Waals surface area (Å²) in [5.41, 5.74) is 0.0631. The second-order valence-corrected chi connectivity index (χ2v) is 11.7. The monoisotopic (exact) mass is 454 g/mol. The molecular weight excluding hydrogens is 424 g/mol. The Morgan fingerprint density at radius 3 is 2.82 bits per heavy atom. The van der Waals surface area contributed by atoms with Crippen LogP contribution in [0.4, 0.5) is 0 Å². The Balaban J connectivity index is 1.24. The predicted molar refractivity (Wildman–Crippen MR) is 114 cm³/mol. The summed E-state index contributed by atoms with van der Waals surface area (Å²) in [6.45, 7) is 3.10. The molecule has 5 aliphatic heterocycles. The summed E-state index contributed by atoms with van der Waals surface area (Å²) in [4.78, 5) is 4.80. The van der Waals surface area contributed by atoms with E-state index in [-0.39, 0.29) is 30.5 Å². The van der Waals surface area contributed by atoms with Crippen LogP contribution in [0.2, 0.25) is 0 Å². The van der Waals surface area contributed by atoms with Crippen LogP contribution in [0, 0.1) is 5.92 Å². The Labute approximate surface area is 192 Å². The third-order valence-corrected chi connectivity index (χ3v) is 10.4. The Bertz CT molecular complexity index is 1080. The van der Waals surface area contributed by atoms with Crippen molar-refractivity contribution < 1.29 is 29.2 Å². The number of likely N-dealkylation sites (tertiary alicyclic amines) is 1. The maximum Gasteiger partial charge on any atom is 0.165 e. The molecule has 176 valence electrons. The molecule has 6 fully saturated rings. The lowest BCUT2D eigenvalue weighted by atomic mass is 9.46. The second kappa shape index (κ2) is 5.69. The van der Waals surface area contributed by atoms with Crippen molar-refractivity contribution in [3.05, 3.63) is 23.3 Å². The van der Waals surface area contributed by atoms with Crippen molar-refractivity contribution in [1.82, 2.24) is 9.80 Å². The van der Waals surface area contributed by atoms with E-state index in [2.05, 4.69) is 15.9 Å². The van der Waals surface area contributed by atoms with Gasteiger partial charge in [0.25, 0.3) is 0 Å². The van der Waals surface area contributed by atoms with E-state index in [0.717, 1.165) is 37.4 Å². The minimum atomic E-state index is -0.910. The molecule has 9 rings (SSSR count). The molecule has 0 unspecified atom stereocenters. The van der Waals surface area contributed by atoms with Crippen LogP contribution in [-0.4, -0.2) is 88.3 Å². The van der Waals surface area contributed by atoms with E-state index in [1.54, 1.807) is 6.07 Å². The summed E-state index contributed by atoms with van der Waals surface area (Å²) in [6.07, 6.45) is 4.72. The van der Waals surface area contributed by atoms with Gasteiger partial charge in [-0.25, -0.2) is 4.90 Å². The molecule has 4 saturated heterocycles. The van der Waals surface area contributed by atoms with Crippen LogP contribution >= 0.6 is 0 Å². The van der Waals surface area contributed by atoms with Crippen LogP contribution in [0.3, 0.4) is 0 Å². The number of aliphatic hydroxyl groups is 1. The molecule has 8 heteroatoms. The first-order valence-electron chi connectivity index (χ1n) is 12.7. The summed E-state index contributed by atoms with van der Waals surface area (Å²) in [5.74, 6) is 1.51. The van der Waals surface area contributed by atoms with Gasteiger partial charge in [-0.05, 0) is 62.6 Å². The summed E-state index contributed by atoms with van der Waals surface area (Å²) >= 11 is 0. The van der Waals surface area contributed by atoms with E-state index < -0.39 is 22.7 Å². The van der Waals surface area contributed by atoms with Crippen molar-refractivity contribution >= 4 is 0 Å². The summed E-state index contributed by atoms with van der Waals surface area (Å²) in [6, 6.07) is 3.89. The van der Waals surface area contributed by atoms with Crippen molar-refractivity contribution in [2.45, 2.75) is 86.0 Å².